The molecule has 1 fully saturated rings. The molecule has 2 atom stereocenters. The molecule has 0 aromatic heterocycles. The zero-order valence-electron chi connectivity index (χ0n) is 20.8. The molecule has 0 saturated carbocycles. The zero-order valence-corrected chi connectivity index (χ0v) is 25.2. The SMILES string of the molecule is C[Si](C)(C)CCOCO[C@H]1CN(S(=O)(=O)c2ccc(Br)cc2)C[C@H]1OCOCC[Si](C)(C)C. The molecule has 1 aromatic carbocycles. The van der Waals surface area contributed by atoms with Gasteiger partial charge >= 0.3 is 0 Å². The highest BCUT2D eigenvalue weighted by atomic mass is 79.9. The third-order valence-corrected chi connectivity index (χ3v) is 11.1. The number of rotatable bonds is 14. The van der Waals surface area contributed by atoms with Crippen LogP contribution in [0.4, 0.5) is 0 Å². The van der Waals surface area contributed by atoms with Crippen molar-refractivity contribution in [3.8, 4) is 0 Å². The second kappa shape index (κ2) is 12.7. The van der Waals surface area contributed by atoms with Gasteiger partial charge < -0.3 is 18.9 Å². The lowest BCUT2D eigenvalue weighted by Gasteiger charge is -2.21. The molecule has 190 valence electrons. The van der Waals surface area contributed by atoms with Crippen molar-refractivity contribution < 1.29 is 27.4 Å². The van der Waals surface area contributed by atoms with Gasteiger partial charge in [-0.2, -0.15) is 4.31 Å². The van der Waals surface area contributed by atoms with E-state index in [1.807, 2.05) is 0 Å². The molecular weight excluding hydrogens is 542 g/mol. The number of hydrogen-bond acceptors (Lipinski definition) is 6. The normalized spacial score (nSPS) is 20.5. The van der Waals surface area contributed by atoms with Gasteiger partial charge in [-0.05, 0) is 36.4 Å². The van der Waals surface area contributed by atoms with Crippen molar-refractivity contribution in [2.75, 3.05) is 39.9 Å². The number of hydrogen-bond donors (Lipinski definition) is 0. The Morgan fingerprint density at radius 3 is 1.67 bits per heavy atom. The first kappa shape index (κ1) is 29.1. The van der Waals surface area contributed by atoms with Crippen LogP contribution >= 0.6 is 15.9 Å². The molecule has 0 bridgehead atoms. The molecular formula is C22H40BrNO6SSi2. The Labute approximate surface area is 210 Å². The molecule has 1 heterocycles. The molecule has 0 amide bonds. The third-order valence-electron chi connectivity index (χ3n) is 5.36. The van der Waals surface area contributed by atoms with Crippen molar-refractivity contribution in [2.24, 2.45) is 0 Å². The van der Waals surface area contributed by atoms with E-state index in [-0.39, 0.29) is 31.6 Å². The Kier molecular flexibility index (Phi) is 11.2. The van der Waals surface area contributed by atoms with Gasteiger partial charge in [0.2, 0.25) is 10.0 Å². The first-order valence-corrected chi connectivity index (χ1v) is 21.1. The van der Waals surface area contributed by atoms with E-state index < -0.39 is 38.4 Å². The molecule has 0 N–H and O–H groups in total. The number of halogens is 1. The van der Waals surface area contributed by atoms with Gasteiger partial charge in [0.05, 0.1) is 4.90 Å². The lowest BCUT2D eigenvalue weighted by Crippen LogP contribution is -2.32. The van der Waals surface area contributed by atoms with Crippen LogP contribution in [0.15, 0.2) is 33.6 Å². The summed E-state index contributed by atoms with van der Waals surface area (Å²) in [5.74, 6) is 0. The number of ether oxygens (including phenoxy) is 4. The quantitative estimate of drug-likeness (QED) is 0.178. The van der Waals surface area contributed by atoms with Crippen LogP contribution in [-0.2, 0) is 29.0 Å². The minimum Gasteiger partial charge on any atom is -0.356 e. The predicted molar refractivity (Wildman–Crippen MR) is 141 cm³/mol. The Morgan fingerprint density at radius 2 is 1.27 bits per heavy atom. The summed E-state index contributed by atoms with van der Waals surface area (Å²) in [5, 5.41) is 0. The van der Waals surface area contributed by atoms with E-state index in [0.29, 0.717) is 13.2 Å². The van der Waals surface area contributed by atoms with Crippen LogP contribution < -0.4 is 0 Å². The second-order valence-corrected chi connectivity index (χ2v) is 25.0. The summed E-state index contributed by atoms with van der Waals surface area (Å²) < 4.78 is 51.8. The van der Waals surface area contributed by atoms with Crippen molar-refractivity contribution in [1.29, 1.82) is 0 Å². The van der Waals surface area contributed by atoms with Crippen LogP contribution in [0.1, 0.15) is 0 Å². The monoisotopic (exact) mass is 581 g/mol. The molecule has 0 spiro atoms. The maximum Gasteiger partial charge on any atom is 0.243 e. The van der Waals surface area contributed by atoms with Gasteiger partial charge in [0.15, 0.2) is 0 Å². The van der Waals surface area contributed by atoms with Crippen LogP contribution in [0.25, 0.3) is 0 Å². The van der Waals surface area contributed by atoms with Gasteiger partial charge in [-0.3, -0.25) is 0 Å². The van der Waals surface area contributed by atoms with Gasteiger partial charge in [-0.25, -0.2) is 8.42 Å². The first-order valence-electron chi connectivity index (χ1n) is 11.4. The van der Waals surface area contributed by atoms with Crippen molar-refractivity contribution >= 4 is 42.1 Å². The number of benzene rings is 1. The second-order valence-electron chi connectivity index (χ2n) is 10.9. The van der Waals surface area contributed by atoms with Gasteiger partial charge in [-0.1, -0.05) is 55.2 Å². The summed E-state index contributed by atoms with van der Waals surface area (Å²) in [4.78, 5) is 0.253. The van der Waals surface area contributed by atoms with Crippen LogP contribution in [0.5, 0.6) is 0 Å². The van der Waals surface area contributed by atoms with Crippen LogP contribution in [0.3, 0.4) is 0 Å². The topological polar surface area (TPSA) is 74.3 Å². The summed E-state index contributed by atoms with van der Waals surface area (Å²) in [6.07, 6.45) is -0.828. The maximum absolute atomic E-state index is 13.2. The lowest BCUT2D eigenvalue weighted by molar-refractivity contribution is -0.149. The average Bonchev–Trinajstić information content (AvgIpc) is 3.10. The first-order chi connectivity index (χ1) is 15.3. The molecule has 2 rings (SSSR count). The highest BCUT2D eigenvalue weighted by Gasteiger charge is 2.41. The van der Waals surface area contributed by atoms with E-state index in [9.17, 15) is 8.42 Å². The molecule has 0 aliphatic carbocycles. The van der Waals surface area contributed by atoms with Gasteiger partial charge in [0.1, 0.15) is 25.8 Å². The summed E-state index contributed by atoms with van der Waals surface area (Å²) in [7, 11) is -6.01. The fourth-order valence-corrected chi connectivity index (χ4v) is 6.37. The molecule has 0 radical (unpaired) electrons. The molecule has 1 aromatic rings. The molecule has 11 heteroatoms. The van der Waals surface area contributed by atoms with Gasteiger partial charge in [-0.15, -0.1) is 0 Å². The Balaban J connectivity index is 1.96. The van der Waals surface area contributed by atoms with E-state index in [2.05, 4.69) is 55.2 Å². The number of nitrogens with zero attached hydrogens (tertiary/aromatic N) is 1. The largest absolute Gasteiger partial charge is 0.356 e. The van der Waals surface area contributed by atoms with Gasteiger partial charge in [0.25, 0.3) is 0 Å². The molecule has 1 saturated heterocycles. The smallest absolute Gasteiger partial charge is 0.243 e. The summed E-state index contributed by atoms with van der Waals surface area (Å²) >= 11 is 3.35. The molecule has 0 unspecified atom stereocenters. The van der Waals surface area contributed by atoms with Crippen molar-refractivity contribution in [3.05, 3.63) is 28.7 Å². The van der Waals surface area contributed by atoms with Crippen molar-refractivity contribution in [1.82, 2.24) is 4.31 Å². The standard InChI is InChI=1S/C22H40BrNO6SSi2/c1-32(2,3)13-11-27-17-29-21-15-24(31(25,26)20-9-7-19(23)8-10-20)16-22(21)30-18-28-12-14-33(4,5)6/h7-10,21-22H,11-18H2,1-6H3/t21-,22+. The minimum absolute atomic E-state index is 0.123. The fourth-order valence-electron chi connectivity index (χ4n) is 3.13. The average molecular weight is 583 g/mol. The minimum atomic E-state index is -3.65. The van der Waals surface area contributed by atoms with Crippen LogP contribution in [0, 0.1) is 0 Å². The van der Waals surface area contributed by atoms with E-state index in [0.717, 1.165) is 16.6 Å². The third kappa shape index (κ3) is 10.6. The van der Waals surface area contributed by atoms with E-state index in [4.69, 9.17) is 18.9 Å². The van der Waals surface area contributed by atoms with E-state index in [1.165, 1.54) is 4.31 Å². The molecule has 1 aliphatic heterocycles. The summed E-state index contributed by atoms with van der Waals surface area (Å²) in [6, 6.07) is 8.75. The number of sulfonamides is 1. The highest BCUT2D eigenvalue weighted by molar-refractivity contribution is 9.10. The molecule has 1 aliphatic rings. The van der Waals surface area contributed by atoms with Crippen LogP contribution in [0.2, 0.25) is 51.4 Å². The molecule has 7 nitrogen and oxygen atoms in total. The highest BCUT2D eigenvalue weighted by Crippen LogP contribution is 2.26. The maximum atomic E-state index is 13.2. The van der Waals surface area contributed by atoms with Crippen molar-refractivity contribution in [2.45, 2.75) is 68.5 Å². The molecule has 33 heavy (non-hydrogen) atoms. The van der Waals surface area contributed by atoms with Gasteiger partial charge in [0, 0.05) is 46.9 Å². The predicted octanol–water partition coefficient (Wildman–Crippen LogP) is 4.85. The Morgan fingerprint density at radius 1 is 0.848 bits per heavy atom. The van der Waals surface area contributed by atoms with Crippen molar-refractivity contribution in [3.63, 3.8) is 0 Å². The summed E-state index contributed by atoms with van der Waals surface area (Å²) in [6.45, 7) is 15.8. The van der Waals surface area contributed by atoms with E-state index >= 15 is 0 Å². The van der Waals surface area contributed by atoms with Crippen LogP contribution in [-0.4, -0.2) is 81.0 Å². The zero-order chi connectivity index (χ0) is 24.7. The lowest BCUT2D eigenvalue weighted by atomic mass is 10.2. The summed E-state index contributed by atoms with van der Waals surface area (Å²) in [5.41, 5.74) is 0. The Bertz CT molecular complexity index is 795. The van der Waals surface area contributed by atoms with E-state index in [1.54, 1.807) is 24.3 Å². The Hall–Kier alpha value is -0.116. The fraction of sp³-hybridized carbons (Fsp3) is 0.727.